The molecule has 0 spiro atoms. The van der Waals surface area contributed by atoms with Crippen LogP contribution in [-0.4, -0.2) is 26.9 Å². The van der Waals surface area contributed by atoms with Crippen molar-refractivity contribution in [3.8, 4) is 0 Å². The zero-order valence-corrected chi connectivity index (χ0v) is 40.0. The Hall–Kier alpha value is -3.97. The molecule has 1 saturated carbocycles. The summed E-state index contributed by atoms with van der Waals surface area (Å²) in [6.45, 7) is 7.13. The zero-order chi connectivity index (χ0) is 44.8. The Morgan fingerprint density at radius 3 is 2.10 bits per heavy atom. The van der Waals surface area contributed by atoms with E-state index in [0.29, 0.717) is 5.02 Å². The molecule has 1 atom stereocenters. The number of carboxylic acids is 1. The number of aliphatic hydroxyl groups is 1. The minimum atomic E-state index is -0.911. The number of pyridine rings is 2. The fourth-order valence-electron chi connectivity index (χ4n) is 8.43. The lowest BCUT2D eigenvalue weighted by molar-refractivity contribution is -0.697. The summed E-state index contributed by atoms with van der Waals surface area (Å²) in [5.74, 6) is 0.122. The van der Waals surface area contributed by atoms with Gasteiger partial charge in [0.2, 0.25) is 0 Å². The highest BCUT2D eigenvalue weighted by molar-refractivity contribution is 7.99. The van der Waals surface area contributed by atoms with Crippen molar-refractivity contribution in [2.45, 2.75) is 160 Å². The van der Waals surface area contributed by atoms with E-state index < -0.39 is 11.6 Å². The molecular weight excluding hydrogens is 816 g/mol. The van der Waals surface area contributed by atoms with Crippen molar-refractivity contribution < 1.29 is 19.6 Å². The van der Waals surface area contributed by atoms with Gasteiger partial charge >= 0.3 is 5.97 Å². The number of nitrogens with zero attached hydrogens (tertiary/aromatic N) is 2. The summed E-state index contributed by atoms with van der Waals surface area (Å²) in [5.41, 5.74) is 5.15. The molecule has 0 bridgehead atoms. The lowest BCUT2D eigenvalue weighted by Gasteiger charge is -2.24. The minimum absolute atomic E-state index is 0.0814. The van der Waals surface area contributed by atoms with E-state index in [2.05, 4.69) is 84.6 Å². The van der Waals surface area contributed by atoms with Crippen molar-refractivity contribution in [2.75, 3.05) is 5.75 Å². The molecule has 63 heavy (non-hydrogen) atoms. The van der Waals surface area contributed by atoms with Gasteiger partial charge in [-0.25, -0.2) is 9.55 Å². The first-order chi connectivity index (χ1) is 30.5. The van der Waals surface area contributed by atoms with E-state index in [4.69, 9.17) is 16.6 Å². The van der Waals surface area contributed by atoms with E-state index in [-0.39, 0.29) is 17.1 Å². The molecule has 2 N–H and O–H groups in total. The molecule has 338 valence electrons. The topological polar surface area (TPSA) is 74.3 Å². The molecule has 5 aromatic rings. The second kappa shape index (κ2) is 26.7. The number of hydrogen-bond donors (Lipinski definition) is 2. The van der Waals surface area contributed by atoms with E-state index in [0.717, 1.165) is 64.7 Å². The summed E-state index contributed by atoms with van der Waals surface area (Å²) in [4.78, 5) is 16.2. The van der Waals surface area contributed by atoms with Crippen LogP contribution < -0.4 is 4.57 Å². The largest absolute Gasteiger partial charge is 0.481 e. The van der Waals surface area contributed by atoms with Gasteiger partial charge in [0.15, 0.2) is 12.4 Å². The van der Waals surface area contributed by atoms with Gasteiger partial charge in [0, 0.05) is 40.0 Å². The van der Waals surface area contributed by atoms with Gasteiger partial charge in [-0.3, -0.25) is 4.79 Å². The SMILES string of the molecule is CC(C)(O)c1ccccc1CC[C@@H](SCC1(CC(=O)O)CC1)c1cccc(/C=C/c2ccc3ccc(Cl)cc3n2)c1.CCCCCCCCCCCCCCCC[n+]1ccccc1. The first-order valence-electron chi connectivity index (χ1n) is 24.0. The van der Waals surface area contributed by atoms with Gasteiger partial charge in [-0.05, 0) is 97.9 Å². The molecule has 7 heteroatoms. The number of aromatic nitrogens is 2. The maximum Gasteiger partial charge on any atom is 0.303 e. The zero-order valence-electron chi connectivity index (χ0n) is 38.5. The summed E-state index contributed by atoms with van der Waals surface area (Å²) in [5, 5.41) is 22.1. The molecule has 0 unspecified atom stereocenters. The average molecular weight is 891 g/mol. The fraction of sp³-hybridized carbons (Fsp3) is 0.482. The maximum absolute atomic E-state index is 11.5. The van der Waals surface area contributed by atoms with Crippen molar-refractivity contribution in [3.63, 3.8) is 0 Å². The summed E-state index contributed by atoms with van der Waals surface area (Å²) in [7, 11) is 0. The molecule has 0 radical (unpaired) electrons. The molecule has 0 aliphatic heterocycles. The highest BCUT2D eigenvalue weighted by Gasteiger charge is 2.44. The summed E-state index contributed by atoms with van der Waals surface area (Å²) in [6, 6.07) is 32.8. The normalized spacial score (nSPS) is 13.8. The number of carbonyl (C=O) groups is 1. The predicted octanol–water partition coefficient (Wildman–Crippen LogP) is 15.4. The van der Waals surface area contributed by atoms with Crippen molar-refractivity contribution in [1.29, 1.82) is 0 Å². The third kappa shape index (κ3) is 18.6. The number of fused-ring (bicyclic) bond motifs is 1. The number of rotatable bonds is 27. The average Bonchev–Trinajstić information content (AvgIpc) is 4.04. The van der Waals surface area contributed by atoms with Crippen molar-refractivity contribution in [3.05, 3.63) is 142 Å². The van der Waals surface area contributed by atoms with Crippen molar-refractivity contribution >= 4 is 52.4 Å². The van der Waals surface area contributed by atoms with Gasteiger partial charge in [0.25, 0.3) is 0 Å². The van der Waals surface area contributed by atoms with Gasteiger partial charge in [-0.2, -0.15) is 11.8 Å². The van der Waals surface area contributed by atoms with E-state index in [9.17, 15) is 15.0 Å². The highest BCUT2D eigenvalue weighted by Crippen LogP contribution is 2.53. The summed E-state index contributed by atoms with van der Waals surface area (Å²) >= 11 is 8.04. The molecule has 1 aliphatic rings. The number of benzene rings is 3. The van der Waals surface area contributed by atoms with Crippen molar-refractivity contribution in [1.82, 2.24) is 4.98 Å². The van der Waals surface area contributed by atoms with Crippen LogP contribution in [0.3, 0.4) is 0 Å². The Balaban J connectivity index is 0.000000288. The van der Waals surface area contributed by atoms with Crippen LogP contribution in [0.5, 0.6) is 0 Å². The standard InChI is InChI=1S/C35H36ClNO3S.C21H38N/c1-34(2,40)30-9-4-3-7-25(30)13-17-32(41-23-35(18-19-35)22-33(38)39)27-8-5-6-24(20-27)10-15-29-16-12-26-11-14-28(36)21-31(26)37-29;1-2-3-4-5-6-7-8-9-10-11-12-13-14-16-19-22-20-17-15-18-21-22/h3-12,14-16,20-21,32,40H,13,17-19,22-23H2,1-2H3,(H,38,39);15,17-18,20-21H,2-14,16,19H2,1H3/q;+1/b15-10+;/t32-;/m1./s1. The smallest absolute Gasteiger partial charge is 0.303 e. The van der Waals surface area contributed by atoms with Gasteiger partial charge in [-0.15, -0.1) is 0 Å². The molecule has 0 saturated heterocycles. The minimum Gasteiger partial charge on any atom is -0.481 e. The van der Waals surface area contributed by atoms with Crippen LogP contribution in [0, 0.1) is 5.41 Å². The van der Waals surface area contributed by atoms with Crippen LogP contribution in [0.4, 0.5) is 0 Å². The van der Waals surface area contributed by atoms with Gasteiger partial charge < -0.3 is 10.2 Å². The molecule has 2 heterocycles. The quantitative estimate of drug-likeness (QED) is 0.0406. The molecular formula is C56H74ClN2O3S+. The van der Waals surface area contributed by atoms with E-state index in [1.54, 1.807) is 0 Å². The van der Waals surface area contributed by atoms with E-state index in [1.165, 1.54) is 102 Å². The van der Waals surface area contributed by atoms with Crippen LogP contribution in [0.2, 0.25) is 5.02 Å². The molecule has 3 aromatic carbocycles. The van der Waals surface area contributed by atoms with Crippen LogP contribution >= 0.6 is 23.4 Å². The lowest BCUT2D eigenvalue weighted by atomic mass is 9.90. The van der Waals surface area contributed by atoms with Gasteiger partial charge in [-0.1, -0.05) is 168 Å². The van der Waals surface area contributed by atoms with E-state index in [1.807, 2.05) is 74.1 Å². The second-order valence-electron chi connectivity index (χ2n) is 18.4. The summed E-state index contributed by atoms with van der Waals surface area (Å²) < 4.78 is 2.29. The fourth-order valence-corrected chi connectivity index (χ4v) is 10.2. The number of hydrogen-bond acceptors (Lipinski definition) is 4. The monoisotopic (exact) mass is 890 g/mol. The third-order valence-corrected chi connectivity index (χ3v) is 14.3. The van der Waals surface area contributed by atoms with Gasteiger partial charge in [0.1, 0.15) is 6.54 Å². The number of aryl methyl sites for hydroxylation is 2. The van der Waals surface area contributed by atoms with Crippen LogP contribution in [0.25, 0.3) is 23.1 Å². The predicted molar refractivity (Wildman–Crippen MR) is 268 cm³/mol. The lowest BCUT2D eigenvalue weighted by Crippen LogP contribution is -2.32. The first kappa shape index (κ1) is 50.0. The van der Waals surface area contributed by atoms with Gasteiger partial charge in [0.05, 0.1) is 23.2 Å². The Bertz CT molecular complexity index is 2130. The van der Waals surface area contributed by atoms with Crippen LogP contribution in [0.15, 0.2) is 109 Å². The summed E-state index contributed by atoms with van der Waals surface area (Å²) in [6.07, 6.45) is 32.4. The number of aliphatic carboxylic acids is 1. The maximum atomic E-state index is 11.5. The van der Waals surface area contributed by atoms with Crippen LogP contribution in [-0.2, 0) is 23.4 Å². The molecule has 1 fully saturated rings. The Labute approximate surface area is 388 Å². The second-order valence-corrected chi connectivity index (χ2v) is 20.0. The molecule has 1 aliphatic carbocycles. The number of thioether (sulfide) groups is 1. The van der Waals surface area contributed by atoms with Crippen molar-refractivity contribution in [2.24, 2.45) is 5.41 Å². The number of carboxylic acid groups (broad SMARTS) is 1. The number of halogens is 1. The third-order valence-electron chi connectivity index (χ3n) is 12.4. The molecule has 6 rings (SSSR count). The number of unbranched alkanes of at least 4 members (excludes halogenated alkanes) is 13. The Morgan fingerprint density at radius 1 is 0.794 bits per heavy atom. The Kier molecular flexibility index (Phi) is 21.2. The van der Waals surface area contributed by atoms with E-state index >= 15 is 0 Å². The van der Waals surface area contributed by atoms with Crippen LogP contribution in [0.1, 0.15) is 170 Å². The molecule has 2 aromatic heterocycles. The molecule has 5 nitrogen and oxygen atoms in total. The Morgan fingerprint density at radius 2 is 1.44 bits per heavy atom. The highest BCUT2D eigenvalue weighted by atomic mass is 35.5. The molecule has 0 amide bonds. The first-order valence-corrected chi connectivity index (χ1v) is 25.4.